The van der Waals surface area contributed by atoms with Crippen molar-refractivity contribution in [2.75, 3.05) is 19.6 Å². The van der Waals surface area contributed by atoms with Gasteiger partial charge in [0.15, 0.2) is 0 Å². The second-order valence-corrected chi connectivity index (χ2v) is 19.7. The number of amides is 6. The Morgan fingerprint density at radius 1 is 0.703 bits per heavy atom. The number of hydrogen-bond donors (Lipinski definition) is 5. The predicted octanol–water partition coefficient (Wildman–Crippen LogP) is 4.99. The maximum atomic E-state index is 14.9. The molecule has 4 fully saturated rings. The van der Waals surface area contributed by atoms with Gasteiger partial charge in [-0.1, -0.05) is 103 Å². The second kappa shape index (κ2) is 22.9. The van der Waals surface area contributed by atoms with Crippen LogP contribution in [-0.2, 0) is 35.3 Å². The van der Waals surface area contributed by atoms with Gasteiger partial charge in [-0.05, 0) is 75.0 Å². The average molecular weight is 886 g/mol. The third-order valence-corrected chi connectivity index (χ3v) is 13.9. The maximum Gasteiger partial charge on any atom is 0.245 e. The van der Waals surface area contributed by atoms with Gasteiger partial charge < -0.3 is 41.4 Å². The lowest BCUT2D eigenvalue weighted by atomic mass is 9.89. The molecule has 2 aliphatic heterocycles. The van der Waals surface area contributed by atoms with E-state index in [0.29, 0.717) is 44.7 Å². The third-order valence-electron chi connectivity index (χ3n) is 13.9. The van der Waals surface area contributed by atoms with Gasteiger partial charge in [-0.15, -0.1) is 0 Å². The van der Waals surface area contributed by atoms with Crippen molar-refractivity contribution in [3.8, 4) is 11.3 Å². The summed E-state index contributed by atoms with van der Waals surface area (Å²) in [5.74, 6) is -0.920. The summed E-state index contributed by atoms with van der Waals surface area (Å²) in [5.41, 5.74) is 8.11. The normalized spacial score (nSPS) is 21.4. The number of nitrogens with one attached hydrogen (secondary N) is 4. The van der Waals surface area contributed by atoms with E-state index < -0.39 is 47.9 Å². The first-order chi connectivity index (χ1) is 30.7. The molecule has 6 atom stereocenters. The Labute approximate surface area is 380 Å². The lowest BCUT2D eigenvalue weighted by molar-refractivity contribution is -0.142. The minimum absolute atomic E-state index is 0.130. The lowest BCUT2D eigenvalue weighted by Crippen LogP contribution is -2.61. The molecule has 0 bridgehead atoms. The molecule has 0 unspecified atom stereocenters. The number of likely N-dealkylation sites (tertiary alicyclic amines) is 2. The molecule has 2 saturated heterocycles. The standard InChI is InChI=1S/C49H75N9O6/c1-31(2)26-37(51-33(5)59)48(63)58-25-15-23-42(58)46(61)55-43(32(3)4)47(62)54-39(28-50)45(60)53-38(27-34-16-12-13-17-34)49(64)57-24-14-22-41(57)44-52-40(36-20-10-7-11-21-36)30-56(44)29-35-18-8-6-9-19-35/h7,10-11,20-21,30-32,34-35,37-39,41-43H,6,8-9,12-19,22-29,50H2,1-5H3,(H,51,59)(H,53,60)(H,54,62)(H,55,61)/t37-,38-,39-,41-,42-,43-/m0/s1. The third kappa shape index (κ3) is 12.5. The Morgan fingerprint density at radius 3 is 1.98 bits per heavy atom. The van der Waals surface area contributed by atoms with Gasteiger partial charge >= 0.3 is 0 Å². The average Bonchev–Trinajstić information content (AvgIpc) is 4.12. The van der Waals surface area contributed by atoms with Crippen molar-refractivity contribution in [3.63, 3.8) is 0 Å². The van der Waals surface area contributed by atoms with Crippen LogP contribution >= 0.6 is 0 Å². The van der Waals surface area contributed by atoms with Gasteiger partial charge in [0.2, 0.25) is 35.4 Å². The fraction of sp³-hybridized carbons (Fsp3) is 0.694. The summed E-state index contributed by atoms with van der Waals surface area (Å²) in [6, 6.07) is 5.33. The first-order valence-corrected chi connectivity index (χ1v) is 24.4. The van der Waals surface area contributed by atoms with Crippen molar-refractivity contribution in [2.45, 2.75) is 174 Å². The van der Waals surface area contributed by atoms with Crippen LogP contribution in [-0.4, -0.2) is 105 Å². The molecule has 1 aromatic heterocycles. The number of nitrogens with zero attached hydrogens (tertiary/aromatic N) is 4. The van der Waals surface area contributed by atoms with Crippen molar-refractivity contribution in [1.82, 2.24) is 40.6 Å². The van der Waals surface area contributed by atoms with Crippen molar-refractivity contribution in [2.24, 2.45) is 29.4 Å². The van der Waals surface area contributed by atoms with Crippen molar-refractivity contribution in [3.05, 3.63) is 42.4 Å². The van der Waals surface area contributed by atoms with E-state index in [-0.39, 0.29) is 48.1 Å². The van der Waals surface area contributed by atoms with Crippen molar-refractivity contribution >= 4 is 35.4 Å². The molecule has 3 heterocycles. The molecule has 2 saturated carbocycles. The number of carbonyl (C=O) groups excluding carboxylic acids is 6. The first-order valence-electron chi connectivity index (χ1n) is 24.4. The van der Waals surface area contributed by atoms with Crippen LogP contribution in [0.15, 0.2) is 36.5 Å². The number of hydrogen-bond acceptors (Lipinski definition) is 8. The minimum atomic E-state index is -1.17. The van der Waals surface area contributed by atoms with Gasteiger partial charge in [-0.25, -0.2) is 4.98 Å². The quantitative estimate of drug-likeness (QED) is 0.130. The fourth-order valence-corrected chi connectivity index (χ4v) is 10.5. The zero-order valence-electron chi connectivity index (χ0n) is 39.0. The Morgan fingerprint density at radius 2 is 1.33 bits per heavy atom. The van der Waals surface area contributed by atoms with Gasteiger partial charge in [-0.2, -0.15) is 0 Å². The predicted molar refractivity (Wildman–Crippen MR) is 246 cm³/mol. The van der Waals surface area contributed by atoms with Crippen LogP contribution in [0.25, 0.3) is 11.3 Å². The van der Waals surface area contributed by atoms with Crippen molar-refractivity contribution < 1.29 is 28.8 Å². The number of imidazole rings is 1. The Balaban J connectivity index is 1.16. The minimum Gasteiger partial charge on any atom is -0.345 e. The van der Waals surface area contributed by atoms with Crippen LogP contribution in [0.5, 0.6) is 0 Å². The smallest absolute Gasteiger partial charge is 0.245 e. The zero-order chi connectivity index (χ0) is 45.9. The van der Waals surface area contributed by atoms with Crippen LogP contribution in [0, 0.1) is 23.7 Å². The highest BCUT2D eigenvalue weighted by molar-refractivity contribution is 5.96. The number of nitrogens with two attached hydrogens (primary N) is 1. The molecule has 64 heavy (non-hydrogen) atoms. The fourth-order valence-electron chi connectivity index (χ4n) is 10.5. The van der Waals surface area contributed by atoms with E-state index in [1.165, 1.54) is 43.9 Å². The first kappa shape index (κ1) is 48.7. The zero-order valence-corrected chi connectivity index (χ0v) is 39.0. The molecule has 2 aliphatic carbocycles. The summed E-state index contributed by atoms with van der Waals surface area (Å²) >= 11 is 0. The van der Waals surface area contributed by atoms with Crippen LogP contribution < -0.4 is 27.0 Å². The van der Waals surface area contributed by atoms with Crippen LogP contribution in [0.1, 0.15) is 143 Å². The van der Waals surface area contributed by atoms with E-state index in [9.17, 15) is 28.8 Å². The van der Waals surface area contributed by atoms with Gasteiger partial charge in [-0.3, -0.25) is 28.8 Å². The largest absolute Gasteiger partial charge is 0.345 e. The lowest BCUT2D eigenvalue weighted by Gasteiger charge is -2.32. The number of benzene rings is 1. The highest BCUT2D eigenvalue weighted by Gasteiger charge is 2.42. The van der Waals surface area contributed by atoms with Gasteiger partial charge in [0, 0.05) is 44.9 Å². The summed E-state index contributed by atoms with van der Waals surface area (Å²) < 4.78 is 2.29. The second-order valence-electron chi connectivity index (χ2n) is 19.7. The van der Waals surface area contributed by atoms with Gasteiger partial charge in [0.1, 0.15) is 36.0 Å². The molecule has 0 spiro atoms. The molecule has 352 valence electrons. The molecule has 15 nitrogen and oxygen atoms in total. The van der Waals surface area contributed by atoms with E-state index >= 15 is 0 Å². The van der Waals surface area contributed by atoms with E-state index in [2.05, 4.69) is 44.2 Å². The molecule has 15 heteroatoms. The van der Waals surface area contributed by atoms with E-state index in [1.54, 1.807) is 13.8 Å². The molecule has 6 N–H and O–H groups in total. The molecule has 1 aromatic carbocycles. The summed E-state index contributed by atoms with van der Waals surface area (Å²) in [4.78, 5) is 91.2. The summed E-state index contributed by atoms with van der Waals surface area (Å²) in [6.07, 6.45) is 15.9. The molecule has 2 aromatic rings. The highest BCUT2D eigenvalue weighted by atomic mass is 16.2. The molecule has 4 aliphatic rings. The Kier molecular flexibility index (Phi) is 17.4. The Hall–Kier alpha value is -4.79. The molecule has 0 radical (unpaired) electrons. The number of carbonyl (C=O) groups is 6. The Bertz CT molecular complexity index is 1910. The monoisotopic (exact) mass is 886 g/mol. The molecule has 6 rings (SSSR count). The summed E-state index contributed by atoms with van der Waals surface area (Å²) in [6.45, 7) is 10.4. The van der Waals surface area contributed by atoms with Crippen LogP contribution in [0.2, 0.25) is 0 Å². The van der Waals surface area contributed by atoms with Crippen molar-refractivity contribution in [1.29, 1.82) is 0 Å². The molecule has 6 amide bonds. The maximum absolute atomic E-state index is 14.9. The van der Waals surface area contributed by atoms with Crippen LogP contribution in [0.3, 0.4) is 0 Å². The number of rotatable bonds is 19. The molecular weight excluding hydrogens is 811 g/mol. The van der Waals surface area contributed by atoms with E-state index in [1.807, 2.05) is 36.9 Å². The number of aromatic nitrogens is 2. The van der Waals surface area contributed by atoms with Gasteiger partial charge in [0.05, 0.1) is 11.7 Å². The van der Waals surface area contributed by atoms with Crippen LogP contribution in [0.4, 0.5) is 0 Å². The summed E-state index contributed by atoms with van der Waals surface area (Å²) in [5, 5.41) is 11.5. The van der Waals surface area contributed by atoms with Gasteiger partial charge in [0.25, 0.3) is 0 Å². The highest BCUT2D eigenvalue weighted by Crippen LogP contribution is 2.37. The van der Waals surface area contributed by atoms with E-state index in [0.717, 1.165) is 62.2 Å². The topological polar surface area (TPSA) is 201 Å². The SMILES string of the molecule is CC(=O)N[C@@H](CC(C)C)C(=O)N1CCC[C@H]1C(=O)N[C@H](C(=O)N[C@@H](CN)C(=O)N[C@@H](CC1CCCC1)C(=O)N1CCC[C@H]1c1nc(-c2ccccc2)cn1CC1CCCCC1)C(C)C. The molecular formula is C49H75N9O6. The van der Waals surface area contributed by atoms with E-state index in [4.69, 9.17) is 10.7 Å². The summed E-state index contributed by atoms with van der Waals surface area (Å²) in [7, 11) is 0.